The Morgan fingerprint density at radius 3 is 2.67 bits per heavy atom. The van der Waals surface area contributed by atoms with E-state index in [1.54, 1.807) is 33.2 Å². The lowest BCUT2D eigenvalue weighted by molar-refractivity contribution is -0.154. The number of aromatic amines is 1. The third-order valence-electron chi connectivity index (χ3n) is 8.17. The van der Waals surface area contributed by atoms with Gasteiger partial charge in [0.2, 0.25) is 0 Å². The molecule has 0 fully saturated rings. The van der Waals surface area contributed by atoms with E-state index in [-0.39, 0.29) is 30.8 Å². The first-order chi connectivity index (χ1) is 18.9. The number of ketones is 1. The number of aliphatic hydroxyl groups is 3. The Morgan fingerprint density at radius 1 is 1.27 bits per heavy atom. The van der Waals surface area contributed by atoms with E-state index in [0.29, 0.717) is 23.6 Å². The van der Waals surface area contributed by atoms with Gasteiger partial charge in [-0.3, -0.25) is 14.6 Å². The number of nitrogens with one attached hydrogen (secondary N) is 1. The number of cyclic esters (lactones) is 1. The zero-order chi connectivity index (χ0) is 29.4. The number of thioether (sulfide) groups is 1. The van der Waals surface area contributed by atoms with Crippen LogP contribution in [0.4, 0.5) is 0 Å². The van der Waals surface area contributed by atoms with Crippen LogP contribution in [-0.2, 0) is 20.7 Å². The fourth-order valence-corrected chi connectivity index (χ4v) is 6.17. The lowest BCUT2D eigenvalue weighted by Crippen LogP contribution is -2.45. The fourth-order valence-electron chi connectivity index (χ4n) is 5.34. The first kappa shape index (κ1) is 32.2. The molecule has 0 aromatic carbocycles. The minimum Gasteiger partial charge on any atom is -0.457 e. The van der Waals surface area contributed by atoms with Crippen LogP contribution in [0.25, 0.3) is 0 Å². The van der Waals surface area contributed by atoms with Gasteiger partial charge in [0.15, 0.2) is 0 Å². The van der Waals surface area contributed by atoms with Crippen molar-refractivity contribution in [3.63, 3.8) is 0 Å². The van der Waals surface area contributed by atoms with E-state index < -0.39 is 35.6 Å². The number of rotatable bonds is 5. The van der Waals surface area contributed by atoms with Crippen LogP contribution in [0.1, 0.15) is 72.5 Å². The van der Waals surface area contributed by atoms with E-state index in [9.17, 15) is 24.9 Å². The molecule has 2 aliphatic rings. The number of esters is 1. The van der Waals surface area contributed by atoms with Crippen molar-refractivity contribution in [1.82, 2.24) is 9.97 Å². The minimum atomic E-state index is -1.26. The van der Waals surface area contributed by atoms with Crippen molar-refractivity contribution in [3.8, 4) is 0 Å². The molecule has 3 rings (SSSR count). The summed E-state index contributed by atoms with van der Waals surface area (Å²) in [5, 5.41) is 32.0. The number of aromatic nitrogens is 2. The van der Waals surface area contributed by atoms with Crippen LogP contribution in [0.15, 0.2) is 40.7 Å². The number of hydrogen-bond donors (Lipinski definition) is 4. The first-order valence-corrected chi connectivity index (χ1v) is 15.2. The molecule has 0 amide bonds. The van der Waals surface area contributed by atoms with Crippen molar-refractivity contribution in [2.75, 3.05) is 12.4 Å². The highest BCUT2D eigenvalue weighted by atomic mass is 32.2. The van der Waals surface area contributed by atoms with Gasteiger partial charge in [0.05, 0.1) is 41.7 Å². The van der Waals surface area contributed by atoms with Crippen LogP contribution in [0.5, 0.6) is 0 Å². The van der Waals surface area contributed by atoms with Crippen molar-refractivity contribution >= 4 is 28.6 Å². The number of ether oxygens (including phenoxy) is 1. The SMILES string of the molecule is C/C(=C\C1CSC(CO)=N1)[C@@H]1C/C=C(/Cc2ncc[nH]2)CCCC(C)C(O)[C@@H](C)C(=O)C(C)(C)[C@@H](O)CC(=O)O1. The second kappa shape index (κ2) is 14.6. The number of carbonyl (C=O) groups is 2. The van der Waals surface area contributed by atoms with E-state index >= 15 is 0 Å². The molecule has 0 bridgehead atoms. The number of allylic oxidation sites excluding steroid dienone is 1. The molecule has 9 nitrogen and oxygen atoms in total. The number of nitrogens with zero attached hydrogens (tertiary/aromatic N) is 2. The number of Topliss-reactive ketones (excluding diaryl/α,β-unsaturated/α-hetero) is 1. The van der Waals surface area contributed by atoms with Gasteiger partial charge in [-0.05, 0) is 37.7 Å². The number of aliphatic hydroxyl groups excluding tert-OH is 3. The zero-order valence-electron chi connectivity index (χ0n) is 24.3. The minimum absolute atomic E-state index is 0.0913. The average molecular weight is 576 g/mol. The Balaban J connectivity index is 1.92. The molecule has 0 spiro atoms. The second-order valence-electron chi connectivity index (χ2n) is 11.7. The Labute approximate surface area is 241 Å². The molecule has 3 heterocycles. The van der Waals surface area contributed by atoms with Crippen molar-refractivity contribution in [2.24, 2.45) is 22.2 Å². The van der Waals surface area contributed by atoms with Crippen LogP contribution >= 0.6 is 11.8 Å². The number of aliphatic imine (C=N–C) groups is 1. The molecule has 6 atom stereocenters. The molecule has 40 heavy (non-hydrogen) atoms. The summed E-state index contributed by atoms with van der Waals surface area (Å²) in [7, 11) is 0. The maximum absolute atomic E-state index is 13.3. The molecular formula is C30H45N3O6S. The van der Waals surface area contributed by atoms with Crippen molar-refractivity contribution in [3.05, 3.63) is 41.5 Å². The van der Waals surface area contributed by atoms with Crippen LogP contribution in [0, 0.1) is 17.3 Å². The molecule has 0 saturated carbocycles. The lowest BCUT2D eigenvalue weighted by Gasteiger charge is -2.34. The third-order valence-corrected chi connectivity index (χ3v) is 9.24. The number of hydrogen-bond acceptors (Lipinski definition) is 9. The smallest absolute Gasteiger partial charge is 0.309 e. The predicted molar refractivity (Wildman–Crippen MR) is 157 cm³/mol. The normalized spacial score (nSPS) is 32.8. The van der Waals surface area contributed by atoms with Gasteiger partial charge in [0, 0.05) is 36.9 Å². The highest BCUT2D eigenvalue weighted by Crippen LogP contribution is 2.33. The van der Waals surface area contributed by atoms with Crippen LogP contribution < -0.4 is 0 Å². The molecule has 222 valence electrons. The highest BCUT2D eigenvalue weighted by molar-refractivity contribution is 8.14. The van der Waals surface area contributed by atoms with Crippen molar-refractivity contribution in [2.45, 2.75) is 97.5 Å². The van der Waals surface area contributed by atoms with Gasteiger partial charge in [-0.25, -0.2) is 4.98 Å². The topological polar surface area (TPSA) is 145 Å². The molecule has 0 radical (unpaired) electrons. The Kier molecular flexibility index (Phi) is 11.7. The van der Waals surface area contributed by atoms with Crippen molar-refractivity contribution < 1.29 is 29.6 Å². The van der Waals surface area contributed by atoms with Crippen LogP contribution in [0.3, 0.4) is 0 Å². The van der Waals surface area contributed by atoms with E-state index in [0.717, 1.165) is 36.2 Å². The van der Waals surface area contributed by atoms with E-state index in [1.807, 2.05) is 19.9 Å². The lowest BCUT2D eigenvalue weighted by atomic mass is 9.73. The maximum atomic E-state index is 13.3. The van der Waals surface area contributed by atoms with Gasteiger partial charge in [-0.2, -0.15) is 0 Å². The fraction of sp³-hybridized carbons (Fsp3) is 0.667. The summed E-state index contributed by atoms with van der Waals surface area (Å²) >= 11 is 1.51. The monoisotopic (exact) mass is 575 g/mol. The Hall–Kier alpha value is -2.27. The molecule has 3 unspecified atom stereocenters. The van der Waals surface area contributed by atoms with Gasteiger partial charge in [-0.1, -0.05) is 45.4 Å². The largest absolute Gasteiger partial charge is 0.457 e. The van der Waals surface area contributed by atoms with Gasteiger partial charge in [0.25, 0.3) is 0 Å². The summed E-state index contributed by atoms with van der Waals surface area (Å²) in [6, 6.07) is -0.116. The molecule has 1 aromatic rings. The van der Waals surface area contributed by atoms with Gasteiger partial charge in [-0.15, -0.1) is 11.8 Å². The molecule has 1 aromatic heterocycles. The van der Waals surface area contributed by atoms with Gasteiger partial charge in [0.1, 0.15) is 17.7 Å². The molecule has 0 saturated heterocycles. The summed E-state index contributed by atoms with van der Waals surface area (Å²) in [6.07, 6.45) is 7.94. The number of H-pyrrole nitrogens is 1. The molecule has 10 heteroatoms. The van der Waals surface area contributed by atoms with E-state index in [1.165, 1.54) is 11.8 Å². The summed E-state index contributed by atoms with van der Waals surface area (Å²) in [4.78, 5) is 38.5. The Bertz CT molecular complexity index is 1100. The van der Waals surface area contributed by atoms with Crippen LogP contribution in [0.2, 0.25) is 0 Å². The average Bonchev–Trinajstić information content (AvgIpc) is 3.60. The first-order valence-electron chi connectivity index (χ1n) is 14.2. The molecule has 0 aliphatic carbocycles. The maximum Gasteiger partial charge on any atom is 0.309 e. The van der Waals surface area contributed by atoms with E-state index in [4.69, 9.17) is 4.74 Å². The Morgan fingerprint density at radius 2 is 2.02 bits per heavy atom. The molecule has 2 aliphatic heterocycles. The van der Waals surface area contributed by atoms with Gasteiger partial charge >= 0.3 is 5.97 Å². The van der Waals surface area contributed by atoms with Crippen molar-refractivity contribution in [1.29, 1.82) is 0 Å². The van der Waals surface area contributed by atoms with Crippen LogP contribution in [-0.4, -0.2) is 78.8 Å². The number of carbonyl (C=O) groups excluding carboxylic acids is 2. The van der Waals surface area contributed by atoms with E-state index in [2.05, 4.69) is 21.0 Å². The second-order valence-corrected chi connectivity index (χ2v) is 12.8. The summed E-state index contributed by atoms with van der Waals surface area (Å²) in [6.45, 7) is 8.69. The molecule has 4 N–H and O–H groups in total. The summed E-state index contributed by atoms with van der Waals surface area (Å²) in [5.41, 5.74) is 0.745. The molecular weight excluding hydrogens is 530 g/mol. The standard InChI is InChI=1S/C30H45N3O6S/c1-18-7-6-8-21(14-25-31-11-12-32-25)9-10-23(19(2)13-22-17-40-26(16-34)33-22)39-27(36)15-24(35)30(4,5)29(38)20(3)28(18)37/h9,11-13,18,20,22-24,28,34-35,37H,6-8,10,14-17H2,1-5H3,(H,31,32)/b19-13+,21-9+/t18?,20-,22?,23+,24+,28?/m1/s1. The summed E-state index contributed by atoms with van der Waals surface area (Å²) < 4.78 is 5.92. The highest BCUT2D eigenvalue weighted by Gasteiger charge is 2.42. The third kappa shape index (κ3) is 8.61. The zero-order valence-corrected chi connectivity index (χ0v) is 25.1. The van der Waals surface area contributed by atoms with Gasteiger partial charge < -0.3 is 25.0 Å². The summed E-state index contributed by atoms with van der Waals surface area (Å²) in [5.74, 6) is -0.116. The number of imidazole rings is 1. The predicted octanol–water partition coefficient (Wildman–Crippen LogP) is 3.80. The quantitative estimate of drug-likeness (QED) is 0.307.